The van der Waals surface area contributed by atoms with Gasteiger partial charge in [0.15, 0.2) is 11.5 Å². The molecule has 242 valence electrons. The van der Waals surface area contributed by atoms with Gasteiger partial charge in [0, 0.05) is 19.0 Å². The fourth-order valence-corrected chi connectivity index (χ4v) is 8.23. The van der Waals surface area contributed by atoms with Crippen LogP contribution in [0.4, 0.5) is 0 Å². The normalized spacial score (nSPS) is 26.6. The maximum atomic E-state index is 14.2. The molecule has 1 saturated carbocycles. The summed E-state index contributed by atoms with van der Waals surface area (Å²) < 4.78 is 5.40. The fraction of sp³-hybridized carbons (Fsp3) is 0.351. The summed E-state index contributed by atoms with van der Waals surface area (Å²) in [5.41, 5.74) is 3.34. The molecule has 0 aromatic heterocycles. The van der Waals surface area contributed by atoms with Gasteiger partial charge in [0.2, 0.25) is 23.6 Å². The lowest BCUT2D eigenvalue weighted by atomic mass is 9.57. The van der Waals surface area contributed by atoms with Gasteiger partial charge in [0.25, 0.3) is 0 Å². The molecule has 7 rings (SSSR count). The molecule has 10 heteroatoms. The second kappa shape index (κ2) is 11.9. The molecule has 47 heavy (non-hydrogen) atoms. The van der Waals surface area contributed by atoms with E-state index in [2.05, 4.69) is 0 Å². The van der Waals surface area contributed by atoms with Gasteiger partial charge in [0.05, 0.1) is 30.8 Å². The smallest absolute Gasteiger partial charge is 0.234 e. The van der Waals surface area contributed by atoms with Crippen LogP contribution in [0.3, 0.4) is 0 Å². The van der Waals surface area contributed by atoms with E-state index in [0.717, 1.165) is 16.7 Å². The summed E-state index contributed by atoms with van der Waals surface area (Å²) in [6.07, 6.45) is 3.51. The van der Waals surface area contributed by atoms with Gasteiger partial charge in [-0.1, -0.05) is 42.0 Å². The van der Waals surface area contributed by atoms with Gasteiger partial charge < -0.3 is 20.1 Å². The zero-order chi connectivity index (χ0) is 33.0. The minimum atomic E-state index is -0.701. The zero-order valence-electron chi connectivity index (χ0n) is 25.9. The van der Waals surface area contributed by atoms with E-state index in [1.807, 2.05) is 6.08 Å². The van der Waals surface area contributed by atoms with Crippen LogP contribution in [0.2, 0.25) is 0 Å². The second-order valence-corrected chi connectivity index (χ2v) is 12.9. The van der Waals surface area contributed by atoms with Crippen LogP contribution in [-0.2, 0) is 32.0 Å². The van der Waals surface area contributed by atoms with Crippen LogP contribution >= 0.6 is 0 Å². The number of phenolic OH excluding ortho intramolecular Hbond substituents is 3. The van der Waals surface area contributed by atoms with E-state index >= 15 is 0 Å². The molecule has 0 spiro atoms. The van der Waals surface area contributed by atoms with Crippen LogP contribution in [-0.4, -0.2) is 68.9 Å². The minimum absolute atomic E-state index is 0.0527. The Bertz CT molecular complexity index is 1780. The maximum Gasteiger partial charge on any atom is 0.234 e. The third-order valence-corrected chi connectivity index (χ3v) is 10.5. The maximum absolute atomic E-state index is 14.2. The summed E-state index contributed by atoms with van der Waals surface area (Å²) >= 11 is 0. The summed E-state index contributed by atoms with van der Waals surface area (Å²) in [4.78, 5) is 58.6. The van der Waals surface area contributed by atoms with Crippen LogP contribution < -0.4 is 4.74 Å². The van der Waals surface area contributed by atoms with Gasteiger partial charge in [-0.05, 0) is 84.7 Å². The molecule has 2 heterocycles. The summed E-state index contributed by atoms with van der Waals surface area (Å²) in [6, 6.07) is 18.3. The first-order valence-corrected chi connectivity index (χ1v) is 16.0. The van der Waals surface area contributed by atoms with Gasteiger partial charge in [-0.2, -0.15) is 0 Å². The monoisotopic (exact) mass is 636 g/mol. The molecule has 0 unspecified atom stereocenters. The Morgan fingerprint density at radius 3 is 1.81 bits per heavy atom. The topological polar surface area (TPSA) is 145 Å². The number of methoxy groups -OCH3 is 1. The van der Waals surface area contributed by atoms with E-state index < -0.39 is 35.5 Å². The molecule has 10 nitrogen and oxygen atoms in total. The molecular formula is C37H36N2O8. The number of carbonyl (C=O) groups is 4. The molecule has 3 aromatic carbocycles. The van der Waals surface area contributed by atoms with Gasteiger partial charge in [-0.25, -0.2) is 0 Å². The van der Waals surface area contributed by atoms with Gasteiger partial charge in [-0.15, -0.1) is 0 Å². The van der Waals surface area contributed by atoms with E-state index in [-0.39, 0.29) is 66.1 Å². The average molecular weight is 637 g/mol. The van der Waals surface area contributed by atoms with Crippen molar-refractivity contribution in [3.05, 3.63) is 95.1 Å². The number of carbonyl (C=O) groups excluding carboxylic acids is 4. The van der Waals surface area contributed by atoms with Gasteiger partial charge in [0.1, 0.15) is 11.5 Å². The molecule has 4 amide bonds. The molecule has 2 saturated heterocycles. The second-order valence-electron chi connectivity index (χ2n) is 12.9. The molecule has 6 atom stereocenters. The number of benzene rings is 3. The number of allylic oxidation sites excluding steroid dienone is 2. The Morgan fingerprint density at radius 2 is 1.23 bits per heavy atom. The van der Waals surface area contributed by atoms with Crippen molar-refractivity contribution in [1.82, 2.24) is 9.80 Å². The minimum Gasteiger partial charge on any atom is -0.508 e. The molecule has 2 aliphatic carbocycles. The number of ether oxygens (including phenoxy) is 1. The lowest BCUT2D eigenvalue weighted by Crippen LogP contribution is -2.43. The number of nitrogens with zero attached hydrogens (tertiary/aromatic N) is 2. The zero-order valence-corrected chi connectivity index (χ0v) is 25.9. The number of hydrogen-bond acceptors (Lipinski definition) is 8. The molecule has 0 radical (unpaired) electrons. The molecule has 3 aromatic rings. The summed E-state index contributed by atoms with van der Waals surface area (Å²) in [7, 11) is 1.45. The van der Waals surface area contributed by atoms with Crippen LogP contribution in [0.15, 0.2) is 78.4 Å². The van der Waals surface area contributed by atoms with E-state index in [0.29, 0.717) is 24.8 Å². The summed E-state index contributed by atoms with van der Waals surface area (Å²) in [5, 5.41) is 29.6. The predicted octanol–water partition coefficient (Wildman–Crippen LogP) is 3.93. The van der Waals surface area contributed by atoms with Crippen LogP contribution in [0.5, 0.6) is 23.0 Å². The molecule has 2 aliphatic heterocycles. The number of likely N-dealkylation sites (tertiary alicyclic amines) is 2. The van der Waals surface area contributed by atoms with Crippen molar-refractivity contribution in [3.8, 4) is 23.0 Å². The van der Waals surface area contributed by atoms with Crippen molar-refractivity contribution < 1.29 is 39.2 Å². The van der Waals surface area contributed by atoms with Crippen molar-refractivity contribution in [3.63, 3.8) is 0 Å². The van der Waals surface area contributed by atoms with Crippen molar-refractivity contribution in [1.29, 1.82) is 0 Å². The molecule has 3 N–H and O–H groups in total. The van der Waals surface area contributed by atoms with Crippen LogP contribution in [0, 0.1) is 29.6 Å². The van der Waals surface area contributed by atoms with Crippen molar-refractivity contribution in [2.75, 3.05) is 20.2 Å². The van der Waals surface area contributed by atoms with E-state index in [1.165, 1.54) is 23.0 Å². The lowest BCUT2D eigenvalue weighted by molar-refractivity contribution is -0.142. The fourth-order valence-electron chi connectivity index (χ4n) is 8.23. The first-order valence-electron chi connectivity index (χ1n) is 16.0. The number of aromatic hydroxyl groups is 3. The van der Waals surface area contributed by atoms with Crippen molar-refractivity contribution >= 4 is 23.6 Å². The Hall–Kier alpha value is -5.12. The summed E-state index contributed by atoms with van der Waals surface area (Å²) in [6.45, 7) is 0.393. The molecule has 0 bridgehead atoms. The Balaban J connectivity index is 1.21. The van der Waals surface area contributed by atoms with E-state index in [1.54, 1.807) is 60.7 Å². The standard InChI is InChI=1S/C37H36N2O8/c1-47-30-18-22(6-13-29(30)42)31-25-11-12-26-32(36(45)38(34(26)43)16-14-20-2-7-23(40)8-3-20)27(25)19-28-33(31)37(46)39(35(28)44)17-15-21-4-9-24(41)10-5-21/h2-11,13,18,26-28,31-33,40-42H,12,14-17,19H2,1H3/t26-,27+,28+,31-,32-,33+/m0/s1. The highest BCUT2D eigenvalue weighted by molar-refractivity contribution is 6.08. The average Bonchev–Trinajstić information content (AvgIpc) is 3.46. The van der Waals surface area contributed by atoms with Crippen LogP contribution in [0.25, 0.3) is 0 Å². The van der Waals surface area contributed by atoms with Crippen molar-refractivity contribution in [2.45, 2.75) is 31.6 Å². The Labute approximate surface area is 271 Å². The third-order valence-electron chi connectivity index (χ3n) is 10.5. The highest BCUT2D eigenvalue weighted by atomic mass is 16.5. The third kappa shape index (κ3) is 5.21. The predicted molar refractivity (Wildman–Crippen MR) is 169 cm³/mol. The van der Waals surface area contributed by atoms with Gasteiger partial charge in [-0.3, -0.25) is 29.0 Å². The van der Waals surface area contributed by atoms with Crippen LogP contribution in [0.1, 0.15) is 35.4 Å². The largest absolute Gasteiger partial charge is 0.508 e. The number of rotatable bonds is 8. The number of hydrogen-bond donors (Lipinski definition) is 3. The molecule has 3 fully saturated rings. The first kappa shape index (κ1) is 30.5. The number of fused-ring (bicyclic) bond motifs is 4. The van der Waals surface area contributed by atoms with E-state index in [9.17, 15) is 34.5 Å². The number of imide groups is 2. The molecule has 4 aliphatic rings. The quantitative estimate of drug-likeness (QED) is 0.249. The Morgan fingerprint density at radius 1 is 0.681 bits per heavy atom. The summed E-state index contributed by atoms with van der Waals surface area (Å²) in [5.74, 6) is -4.09. The first-order chi connectivity index (χ1) is 22.7. The lowest BCUT2D eigenvalue weighted by Gasteiger charge is -2.44. The van der Waals surface area contributed by atoms with E-state index in [4.69, 9.17) is 4.74 Å². The number of phenols is 3. The number of amides is 4. The Kier molecular flexibility index (Phi) is 7.74. The van der Waals surface area contributed by atoms with Crippen molar-refractivity contribution in [2.24, 2.45) is 29.6 Å². The highest BCUT2D eigenvalue weighted by Crippen LogP contribution is 2.58. The molecular weight excluding hydrogens is 600 g/mol. The van der Waals surface area contributed by atoms with Gasteiger partial charge >= 0.3 is 0 Å². The SMILES string of the molecule is COc1cc([C@H]2C3=CC[C@@H]4C(=O)N(CCc5ccc(O)cc5)C(=O)[C@@H]4[C@@H]3C[C@H]3C(=O)N(CCc4ccc(O)cc4)C(=O)[C@@H]23)ccc1O. The highest BCUT2D eigenvalue weighted by Gasteiger charge is 2.61.